The van der Waals surface area contributed by atoms with E-state index in [9.17, 15) is 32.3 Å². The Labute approximate surface area is 264 Å². The maximum Gasteiger partial charge on any atom is 0.424 e. The molecule has 14 heteroatoms. The van der Waals surface area contributed by atoms with Gasteiger partial charge in [0.05, 0.1) is 35.3 Å². The van der Waals surface area contributed by atoms with Gasteiger partial charge in [0, 0.05) is 34.5 Å². The first-order chi connectivity index (χ1) is 22.3. The van der Waals surface area contributed by atoms with Gasteiger partial charge in [0.25, 0.3) is 5.91 Å². The van der Waals surface area contributed by atoms with Gasteiger partial charge >= 0.3 is 6.18 Å². The first-order valence-corrected chi connectivity index (χ1v) is 14.2. The van der Waals surface area contributed by atoms with Crippen molar-refractivity contribution in [3.63, 3.8) is 0 Å². The third-order valence-corrected chi connectivity index (χ3v) is 8.04. The summed E-state index contributed by atoms with van der Waals surface area (Å²) >= 11 is 0. The molecule has 0 radical (unpaired) electrons. The summed E-state index contributed by atoms with van der Waals surface area (Å²) in [5, 5.41) is 17.2. The second-order valence-electron chi connectivity index (χ2n) is 11.2. The number of pyridine rings is 3. The van der Waals surface area contributed by atoms with Crippen LogP contribution in [-0.2, 0) is 15.8 Å². The molecular formula is C33H26F4N6O4. The predicted octanol–water partition coefficient (Wildman–Crippen LogP) is 4.89. The number of nitrogens with zero attached hydrogens (tertiary/aromatic N) is 3. The molecule has 0 saturated carbocycles. The molecule has 1 aliphatic heterocycles. The predicted molar refractivity (Wildman–Crippen MR) is 163 cm³/mol. The van der Waals surface area contributed by atoms with Crippen molar-refractivity contribution in [1.82, 2.24) is 20.3 Å². The van der Waals surface area contributed by atoms with Crippen molar-refractivity contribution in [1.29, 1.82) is 0 Å². The van der Waals surface area contributed by atoms with Gasteiger partial charge in [-0.05, 0) is 67.6 Å². The molecular weight excluding hydrogens is 620 g/mol. The standard InChI is InChI=1S/C33H26F4N6O4/c1-31(30(38)45)17-47-28-23(31)14-25(43-27(28)18-6-8-21(34)9-7-18)32(46,33(35,36)37)16-41-29(44)20-12-19-4-2-11-40-26(19)24(13-20)42-22-5-3-10-39-15-22/h2-15,42,46H,16-17H2,1H3,(H2,38,45)(H,41,44)/t31-,32-/m0/s1. The molecule has 0 bridgehead atoms. The largest absolute Gasteiger partial charge is 0.489 e. The number of fused-ring (bicyclic) bond motifs is 2. The van der Waals surface area contributed by atoms with Crippen LogP contribution in [0.1, 0.15) is 28.5 Å². The van der Waals surface area contributed by atoms with Crippen molar-refractivity contribution in [2.45, 2.75) is 24.1 Å². The van der Waals surface area contributed by atoms with E-state index in [0.29, 0.717) is 22.3 Å². The molecule has 3 aromatic heterocycles. The van der Waals surface area contributed by atoms with Crippen LogP contribution in [0.25, 0.3) is 22.2 Å². The average molecular weight is 647 g/mol. The van der Waals surface area contributed by atoms with Crippen LogP contribution in [0.5, 0.6) is 5.75 Å². The number of hydrogen-bond donors (Lipinski definition) is 4. The van der Waals surface area contributed by atoms with Gasteiger partial charge in [0.15, 0.2) is 0 Å². The van der Waals surface area contributed by atoms with Crippen molar-refractivity contribution in [2.24, 2.45) is 5.73 Å². The first-order valence-electron chi connectivity index (χ1n) is 14.2. The Bertz CT molecular complexity index is 2010. The third kappa shape index (κ3) is 5.67. The molecule has 2 aromatic carbocycles. The number of aliphatic hydroxyl groups is 1. The quantitative estimate of drug-likeness (QED) is 0.174. The molecule has 47 heavy (non-hydrogen) atoms. The summed E-state index contributed by atoms with van der Waals surface area (Å²) < 4.78 is 63.8. The number of primary amides is 1. The first kappa shape index (κ1) is 31.4. The van der Waals surface area contributed by atoms with E-state index >= 15 is 0 Å². The topological polar surface area (TPSA) is 152 Å². The Morgan fingerprint density at radius 1 is 1.06 bits per heavy atom. The molecule has 0 unspecified atom stereocenters. The minimum Gasteiger partial charge on any atom is -0.489 e. The van der Waals surface area contributed by atoms with Crippen LogP contribution in [-0.4, -0.2) is 51.2 Å². The van der Waals surface area contributed by atoms with Crippen LogP contribution in [0, 0.1) is 5.82 Å². The maximum absolute atomic E-state index is 14.8. The van der Waals surface area contributed by atoms with E-state index in [1.165, 1.54) is 31.2 Å². The highest BCUT2D eigenvalue weighted by molar-refractivity contribution is 6.02. The number of amides is 2. The highest BCUT2D eigenvalue weighted by Crippen LogP contribution is 2.47. The van der Waals surface area contributed by atoms with Crippen molar-refractivity contribution in [3.8, 4) is 17.0 Å². The van der Waals surface area contributed by atoms with Crippen LogP contribution in [0.15, 0.2) is 85.3 Å². The van der Waals surface area contributed by atoms with E-state index in [0.717, 1.165) is 18.2 Å². The van der Waals surface area contributed by atoms with Crippen molar-refractivity contribution in [3.05, 3.63) is 108 Å². The fourth-order valence-electron chi connectivity index (χ4n) is 5.26. The van der Waals surface area contributed by atoms with Gasteiger partial charge in [-0.2, -0.15) is 13.2 Å². The number of halogens is 4. The number of hydrogen-bond acceptors (Lipinski definition) is 8. The van der Waals surface area contributed by atoms with Gasteiger partial charge in [-0.25, -0.2) is 9.37 Å². The number of nitrogens with one attached hydrogen (secondary N) is 2. The molecule has 4 heterocycles. The summed E-state index contributed by atoms with van der Waals surface area (Å²) in [5.74, 6) is -2.46. The van der Waals surface area contributed by atoms with E-state index in [1.807, 2.05) is 0 Å². The Morgan fingerprint density at radius 2 is 1.81 bits per heavy atom. The van der Waals surface area contributed by atoms with Crippen LogP contribution in [0.3, 0.4) is 0 Å². The molecule has 0 fully saturated rings. The van der Waals surface area contributed by atoms with Crippen LogP contribution in [0.2, 0.25) is 0 Å². The number of nitrogens with two attached hydrogens (primary N) is 1. The molecule has 0 spiro atoms. The monoisotopic (exact) mass is 646 g/mol. The summed E-state index contributed by atoms with van der Waals surface area (Å²) in [5.41, 5.74) is 0.748. The fraction of sp³-hybridized carbons (Fsp3) is 0.182. The Morgan fingerprint density at radius 3 is 2.49 bits per heavy atom. The second-order valence-corrected chi connectivity index (χ2v) is 11.2. The van der Waals surface area contributed by atoms with E-state index in [-0.39, 0.29) is 34.7 Å². The number of ether oxygens (including phenoxy) is 1. The minimum atomic E-state index is -5.37. The average Bonchev–Trinajstić information content (AvgIpc) is 3.41. The van der Waals surface area contributed by atoms with Crippen molar-refractivity contribution < 1.29 is 37.0 Å². The number of carbonyl (C=O) groups is 2. The fourth-order valence-corrected chi connectivity index (χ4v) is 5.26. The zero-order valence-corrected chi connectivity index (χ0v) is 24.6. The highest BCUT2D eigenvalue weighted by Gasteiger charge is 2.57. The van der Waals surface area contributed by atoms with Gasteiger partial charge in [-0.15, -0.1) is 0 Å². The molecule has 2 amide bonds. The molecule has 240 valence electrons. The summed E-state index contributed by atoms with van der Waals surface area (Å²) in [6.07, 6.45) is -0.696. The molecule has 2 atom stereocenters. The van der Waals surface area contributed by atoms with E-state index < -0.39 is 47.1 Å². The minimum absolute atomic E-state index is 0.0231. The molecule has 10 nitrogen and oxygen atoms in total. The van der Waals surface area contributed by atoms with Crippen molar-refractivity contribution in [2.75, 3.05) is 18.5 Å². The van der Waals surface area contributed by atoms with Crippen LogP contribution in [0.4, 0.5) is 28.9 Å². The van der Waals surface area contributed by atoms with Crippen molar-refractivity contribution >= 4 is 34.1 Å². The van der Waals surface area contributed by atoms with Gasteiger partial charge in [-0.3, -0.25) is 19.6 Å². The lowest BCUT2D eigenvalue weighted by molar-refractivity contribution is -0.265. The Hall–Kier alpha value is -5.63. The normalized spacial score (nSPS) is 17.0. The van der Waals surface area contributed by atoms with E-state index in [1.54, 1.807) is 42.9 Å². The Balaban J connectivity index is 1.40. The molecule has 0 saturated heterocycles. The number of rotatable bonds is 8. The molecule has 0 aliphatic carbocycles. The number of carbonyl (C=O) groups excluding carboxylic acids is 2. The number of aromatic nitrogens is 3. The molecule has 1 aliphatic rings. The molecule has 6 rings (SSSR count). The summed E-state index contributed by atoms with van der Waals surface area (Å²) in [6, 6.07) is 15.2. The highest BCUT2D eigenvalue weighted by atomic mass is 19.4. The Kier molecular flexibility index (Phi) is 7.76. The SMILES string of the molecule is C[C@]1(C(N)=O)COc2c1cc([C@@](O)(CNC(=O)c1cc(Nc3cccnc3)c3ncccc3c1)C(F)(F)F)nc2-c1ccc(F)cc1. The number of benzene rings is 2. The van der Waals surface area contributed by atoms with Crippen LogP contribution >= 0.6 is 0 Å². The van der Waals surface area contributed by atoms with Gasteiger partial charge in [0.2, 0.25) is 11.5 Å². The lowest BCUT2D eigenvalue weighted by Gasteiger charge is -2.31. The zero-order valence-electron chi connectivity index (χ0n) is 24.6. The second kappa shape index (κ2) is 11.6. The van der Waals surface area contributed by atoms with E-state index in [2.05, 4.69) is 25.6 Å². The maximum atomic E-state index is 14.8. The lowest BCUT2D eigenvalue weighted by Crippen LogP contribution is -2.51. The van der Waals surface area contributed by atoms with E-state index in [4.69, 9.17) is 10.5 Å². The van der Waals surface area contributed by atoms with Gasteiger partial charge in [-0.1, -0.05) is 6.07 Å². The number of anilines is 2. The molecule has 5 N–H and O–H groups in total. The van der Waals surface area contributed by atoms with Crippen LogP contribution < -0.4 is 21.1 Å². The lowest BCUT2D eigenvalue weighted by atomic mass is 9.81. The van der Waals surface area contributed by atoms with Gasteiger partial charge in [0.1, 0.15) is 29.3 Å². The zero-order chi connectivity index (χ0) is 33.6. The summed E-state index contributed by atoms with van der Waals surface area (Å²) in [6.45, 7) is -0.265. The smallest absolute Gasteiger partial charge is 0.424 e. The summed E-state index contributed by atoms with van der Waals surface area (Å²) in [4.78, 5) is 38.4. The molecule has 5 aromatic rings. The number of alkyl halides is 3. The third-order valence-electron chi connectivity index (χ3n) is 8.04. The van der Waals surface area contributed by atoms with Gasteiger partial charge < -0.3 is 26.2 Å². The summed E-state index contributed by atoms with van der Waals surface area (Å²) in [7, 11) is 0.